The van der Waals surface area contributed by atoms with Crippen molar-refractivity contribution in [1.29, 1.82) is 0 Å². The number of carboxylic acid groups (broad SMARTS) is 1. The van der Waals surface area contributed by atoms with Gasteiger partial charge in [0.2, 0.25) is 0 Å². The number of rotatable bonds is 5. The zero-order valence-electron chi connectivity index (χ0n) is 11.5. The van der Waals surface area contributed by atoms with Crippen LogP contribution in [0.3, 0.4) is 0 Å². The molecule has 1 N–H and O–H groups in total. The number of tetrazole rings is 1. The minimum atomic E-state index is -0.938. The smallest absolute Gasteiger partial charge is 0.305 e. The molecule has 0 fully saturated rings. The van der Waals surface area contributed by atoms with Crippen LogP contribution in [0.5, 0.6) is 0 Å². The fraction of sp³-hybridized carbons (Fsp3) is 0.385. The van der Waals surface area contributed by atoms with Crippen molar-refractivity contribution >= 4 is 17.6 Å². The van der Waals surface area contributed by atoms with E-state index in [1.807, 2.05) is 13.8 Å². The van der Waals surface area contributed by atoms with Crippen LogP contribution in [-0.4, -0.2) is 31.3 Å². The molecule has 1 heterocycles. The first-order chi connectivity index (χ1) is 9.90. The van der Waals surface area contributed by atoms with Crippen molar-refractivity contribution in [3.05, 3.63) is 29.0 Å². The van der Waals surface area contributed by atoms with Gasteiger partial charge in [0, 0.05) is 5.56 Å². The van der Waals surface area contributed by atoms with Gasteiger partial charge in [0.05, 0.1) is 17.5 Å². The molecule has 0 aliphatic rings. The molecule has 1 unspecified atom stereocenters. The summed E-state index contributed by atoms with van der Waals surface area (Å²) in [6, 6.07) is 3.73. The molecule has 0 saturated carbocycles. The molecule has 0 aliphatic heterocycles. The Kier molecular flexibility index (Phi) is 4.52. The summed E-state index contributed by atoms with van der Waals surface area (Å²) in [5.41, 5.74) is 0.530. The average molecular weight is 313 g/mol. The number of aromatic nitrogens is 4. The van der Waals surface area contributed by atoms with E-state index in [0.717, 1.165) is 0 Å². The van der Waals surface area contributed by atoms with Crippen molar-refractivity contribution in [3.8, 4) is 11.4 Å². The van der Waals surface area contributed by atoms with E-state index < -0.39 is 17.8 Å². The normalized spacial score (nSPS) is 12.6. The van der Waals surface area contributed by atoms with E-state index in [1.165, 1.54) is 22.9 Å². The number of hydrogen-bond donors (Lipinski definition) is 1. The van der Waals surface area contributed by atoms with Crippen LogP contribution < -0.4 is 0 Å². The first-order valence-electron chi connectivity index (χ1n) is 6.35. The Hall–Kier alpha value is -2.02. The number of hydrogen-bond acceptors (Lipinski definition) is 4. The predicted molar refractivity (Wildman–Crippen MR) is 74.3 cm³/mol. The second kappa shape index (κ2) is 6.17. The van der Waals surface area contributed by atoms with E-state index in [9.17, 15) is 9.18 Å². The van der Waals surface area contributed by atoms with Crippen molar-refractivity contribution in [1.82, 2.24) is 20.2 Å². The zero-order valence-corrected chi connectivity index (χ0v) is 12.3. The summed E-state index contributed by atoms with van der Waals surface area (Å²) in [6.45, 7) is 3.77. The van der Waals surface area contributed by atoms with E-state index in [1.54, 1.807) is 0 Å². The van der Waals surface area contributed by atoms with Gasteiger partial charge in [-0.1, -0.05) is 25.4 Å². The highest BCUT2D eigenvalue weighted by Gasteiger charge is 2.24. The maximum atomic E-state index is 13.2. The molecule has 0 bridgehead atoms. The van der Waals surface area contributed by atoms with Gasteiger partial charge in [0.1, 0.15) is 5.82 Å². The van der Waals surface area contributed by atoms with Gasteiger partial charge >= 0.3 is 5.97 Å². The maximum Gasteiger partial charge on any atom is 0.305 e. The van der Waals surface area contributed by atoms with Gasteiger partial charge < -0.3 is 5.11 Å². The van der Waals surface area contributed by atoms with E-state index in [0.29, 0.717) is 11.4 Å². The van der Waals surface area contributed by atoms with E-state index in [-0.39, 0.29) is 17.4 Å². The number of halogens is 2. The Bertz CT molecular complexity index is 659. The molecule has 21 heavy (non-hydrogen) atoms. The van der Waals surface area contributed by atoms with Crippen LogP contribution in [-0.2, 0) is 4.79 Å². The second-order valence-corrected chi connectivity index (χ2v) is 5.39. The summed E-state index contributed by atoms with van der Waals surface area (Å²) in [7, 11) is 0. The van der Waals surface area contributed by atoms with Gasteiger partial charge in [-0.15, -0.1) is 5.10 Å². The number of nitrogens with zero attached hydrogens (tertiary/aromatic N) is 4. The Morgan fingerprint density at radius 3 is 2.76 bits per heavy atom. The molecule has 0 radical (unpaired) electrons. The SMILES string of the molecule is CC(C)C(CC(=O)O)n1nnnc1-c1ccc(F)c(Cl)c1. The largest absolute Gasteiger partial charge is 0.481 e. The van der Waals surface area contributed by atoms with Crippen molar-refractivity contribution in [3.63, 3.8) is 0 Å². The Morgan fingerprint density at radius 2 is 2.19 bits per heavy atom. The summed E-state index contributed by atoms with van der Waals surface area (Å²) in [5.74, 6) is -1.10. The molecule has 0 saturated heterocycles. The van der Waals surface area contributed by atoms with Crippen LogP contribution in [0.25, 0.3) is 11.4 Å². The monoisotopic (exact) mass is 312 g/mol. The van der Waals surface area contributed by atoms with Crippen LogP contribution in [0.2, 0.25) is 5.02 Å². The summed E-state index contributed by atoms with van der Waals surface area (Å²) < 4.78 is 14.7. The topological polar surface area (TPSA) is 80.9 Å². The standard InChI is InChI=1S/C13H14ClFN4O2/c1-7(2)11(6-12(20)21)19-13(16-17-18-19)8-3-4-10(15)9(14)5-8/h3-5,7,11H,6H2,1-2H3,(H,20,21). The van der Waals surface area contributed by atoms with Crippen LogP contribution in [0.1, 0.15) is 26.3 Å². The minimum Gasteiger partial charge on any atom is -0.481 e. The molecule has 8 heteroatoms. The van der Waals surface area contributed by atoms with Crippen LogP contribution >= 0.6 is 11.6 Å². The van der Waals surface area contributed by atoms with E-state index in [2.05, 4.69) is 15.5 Å². The third-order valence-corrected chi connectivity index (χ3v) is 3.43. The lowest BCUT2D eigenvalue weighted by Gasteiger charge is -2.20. The first kappa shape index (κ1) is 15.4. The lowest BCUT2D eigenvalue weighted by Crippen LogP contribution is -2.21. The van der Waals surface area contributed by atoms with E-state index in [4.69, 9.17) is 16.7 Å². The van der Waals surface area contributed by atoms with Crippen molar-refractivity contribution in [2.24, 2.45) is 5.92 Å². The average Bonchev–Trinajstić information content (AvgIpc) is 2.87. The molecule has 1 aromatic heterocycles. The number of benzene rings is 1. The fourth-order valence-corrected chi connectivity index (χ4v) is 2.21. The third-order valence-electron chi connectivity index (χ3n) is 3.14. The zero-order chi connectivity index (χ0) is 15.6. The molecule has 2 aromatic rings. The lowest BCUT2D eigenvalue weighted by molar-refractivity contribution is -0.138. The third kappa shape index (κ3) is 3.36. The molecule has 1 atom stereocenters. The lowest BCUT2D eigenvalue weighted by atomic mass is 10.0. The summed E-state index contributed by atoms with van der Waals surface area (Å²) in [6.07, 6.45) is -0.107. The number of aliphatic carboxylic acids is 1. The van der Waals surface area contributed by atoms with Crippen molar-refractivity contribution in [2.45, 2.75) is 26.3 Å². The Morgan fingerprint density at radius 1 is 1.48 bits per heavy atom. The van der Waals surface area contributed by atoms with Crippen LogP contribution in [0, 0.1) is 11.7 Å². The molecule has 1 aromatic carbocycles. The van der Waals surface area contributed by atoms with Gasteiger partial charge in [-0.25, -0.2) is 9.07 Å². The molecule has 2 rings (SSSR count). The minimum absolute atomic E-state index is 0.0132. The molecule has 0 amide bonds. The van der Waals surface area contributed by atoms with Gasteiger partial charge in [-0.2, -0.15) is 0 Å². The first-order valence-corrected chi connectivity index (χ1v) is 6.73. The molecule has 6 nitrogen and oxygen atoms in total. The van der Waals surface area contributed by atoms with E-state index >= 15 is 0 Å². The summed E-state index contributed by atoms with van der Waals surface area (Å²) in [5, 5.41) is 20.3. The molecule has 0 aliphatic carbocycles. The van der Waals surface area contributed by atoms with Gasteiger partial charge in [0.25, 0.3) is 0 Å². The second-order valence-electron chi connectivity index (χ2n) is 4.99. The molecule has 112 valence electrons. The summed E-state index contributed by atoms with van der Waals surface area (Å²) in [4.78, 5) is 11.0. The van der Waals surface area contributed by atoms with Gasteiger partial charge in [-0.05, 0) is 34.5 Å². The Balaban J connectivity index is 2.45. The highest BCUT2D eigenvalue weighted by atomic mass is 35.5. The number of carbonyl (C=O) groups is 1. The Labute approximate surface area is 125 Å². The summed E-state index contributed by atoms with van der Waals surface area (Å²) >= 11 is 5.76. The highest BCUT2D eigenvalue weighted by molar-refractivity contribution is 6.31. The fourth-order valence-electron chi connectivity index (χ4n) is 2.03. The van der Waals surface area contributed by atoms with Crippen LogP contribution in [0.15, 0.2) is 18.2 Å². The van der Waals surface area contributed by atoms with Crippen LogP contribution in [0.4, 0.5) is 4.39 Å². The van der Waals surface area contributed by atoms with Crippen molar-refractivity contribution in [2.75, 3.05) is 0 Å². The molecule has 0 spiro atoms. The quantitative estimate of drug-likeness (QED) is 0.918. The molecular weight excluding hydrogens is 299 g/mol. The van der Waals surface area contributed by atoms with Crippen molar-refractivity contribution < 1.29 is 14.3 Å². The molecular formula is C13H14ClFN4O2. The number of carboxylic acids is 1. The maximum absolute atomic E-state index is 13.2. The highest BCUT2D eigenvalue weighted by Crippen LogP contribution is 2.28. The van der Waals surface area contributed by atoms with Gasteiger partial charge in [0.15, 0.2) is 5.82 Å². The predicted octanol–water partition coefficient (Wildman–Crippen LogP) is 2.80. The van der Waals surface area contributed by atoms with Gasteiger partial charge in [-0.3, -0.25) is 4.79 Å².